The Hall–Kier alpha value is -1.98. The molecule has 0 bridgehead atoms. The number of nitrogens with one attached hydrogen (secondary N) is 1. The minimum absolute atomic E-state index is 0.00169. The molecule has 1 aromatic rings. The standard InChI is InChI=1S/C16H24N2O4/c1-12-7-8-14(22-12)13-6-4-3-5-11-18(13)15(19)9-10-17-16(20)21-2/h7-8,13H,3-6,9-11H2,1-2H3,(H,17,20)/t13-/m0/s1. The van der Waals surface area contributed by atoms with E-state index in [1.54, 1.807) is 0 Å². The highest BCUT2D eigenvalue weighted by atomic mass is 16.5. The Bertz CT molecular complexity index is 512. The van der Waals surface area contributed by atoms with Gasteiger partial charge in [0.15, 0.2) is 0 Å². The summed E-state index contributed by atoms with van der Waals surface area (Å²) >= 11 is 0. The van der Waals surface area contributed by atoms with Crippen LogP contribution >= 0.6 is 0 Å². The second-order valence-corrected chi connectivity index (χ2v) is 5.57. The van der Waals surface area contributed by atoms with Crippen molar-refractivity contribution in [3.8, 4) is 0 Å². The van der Waals surface area contributed by atoms with Gasteiger partial charge in [-0.1, -0.05) is 12.8 Å². The summed E-state index contributed by atoms with van der Waals surface area (Å²) in [5.41, 5.74) is 0. The molecule has 0 saturated carbocycles. The highest BCUT2D eigenvalue weighted by Crippen LogP contribution is 2.31. The topological polar surface area (TPSA) is 71.8 Å². The van der Waals surface area contributed by atoms with Crippen molar-refractivity contribution in [2.75, 3.05) is 20.2 Å². The largest absolute Gasteiger partial charge is 0.464 e. The maximum Gasteiger partial charge on any atom is 0.406 e. The van der Waals surface area contributed by atoms with Gasteiger partial charge in [0.05, 0.1) is 13.2 Å². The average molecular weight is 308 g/mol. The van der Waals surface area contributed by atoms with Crippen LogP contribution in [0.1, 0.15) is 49.7 Å². The first kappa shape index (κ1) is 16.4. The van der Waals surface area contributed by atoms with Gasteiger partial charge in [-0.15, -0.1) is 0 Å². The molecule has 0 aliphatic carbocycles. The molecule has 0 spiro atoms. The monoisotopic (exact) mass is 308 g/mol. The minimum atomic E-state index is -0.512. The van der Waals surface area contributed by atoms with Crippen molar-refractivity contribution in [1.29, 1.82) is 0 Å². The number of ether oxygens (including phenoxy) is 1. The molecule has 1 fully saturated rings. The molecule has 0 radical (unpaired) electrons. The highest BCUT2D eigenvalue weighted by molar-refractivity contribution is 5.77. The number of rotatable bonds is 4. The summed E-state index contributed by atoms with van der Waals surface area (Å²) in [6, 6.07) is 3.89. The number of methoxy groups -OCH3 is 1. The molecule has 1 aliphatic heterocycles. The van der Waals surface area contributed by atoms with Crippen LogP contribution in [0.2, 0.25) is 0 Å². The van der Waals surface area contributed by atoms with Crippen molar-refractivity contribution < 1.29 is 18.7 Å². The highest BCUT2D eigenvalue weighted by Gasteiger charge is 2.28. The Balaban J connectivity index is 2.00. The molecule has 2 amide bonds. The van der Waals surface area contributed by atoms with E-state index < -0.39 is 6.09 Å². The summed E-state index contributed by atoms with van der Waals surface area (Å²) in [4.78, 5) is 25.4. The number of amides is 2. The molecule has 6 heteroatoms. The van der Waals surface area contributed by atoms with E-state index in [1.165, 1.54) is 7.11 Å². The van der Waals surface area contributed by atoms with Crippen molar-refractivity contribution in [3.63, 3.8) is 0 Å². The van der Waals surface area contributed by atoms with Gasteiger partial charge in [0, 0.05) is 19.5 Å². The first-order chi connectivity index (χ1) is 10.6. The maximum atomic E-state index is 12.5. The van der Waals surface area contributed by atoms with Crippen LogP contribution in [-0.2, 0) is 9.53 Å². The van der Waals surface area contributed by atoms with Crippen molar-refractivity contribution in [3.05, 3.63) is 23.7 Å². The molecule has 2 heterocycles. The zero-order valence-corrected chi connectivity index (χ0v) is 13.3. The number of likely N-dealkylation sites (tertiary alicyclic amines) is 1. The van der Waals surface area contributed by atoms with Gasteiger partial charge < -0.3 is 19.4 Å². The second-order valence-electron chi connectivity index (χ2n) is 5.57. The molecule has 1 aromatic heterocycles. The van der Waals surface area contributed by atoms with Crippen LogP contribution in [0.3, 0.4) is 0 Å². The number of hydrogen-bond donors (Lipinski definition) is 1. The fraction of sp³-hybridized carbons (Fsp3) is 0.625. The summed E-state index contributed by atoms with van der Waals surface area (Å²) < 4.78 is 10.2. The van der Waals surface area contributed by atoms with Gasteiger partial charge in [-0.25, -0.2) is 4.79 Å². The summed E-state index contributed by atoms with van der Waals surface area (Å²) in [7, 11) is 1.31. The average Bonchev–Trinajstić information content (AvgIpc) is 2.79. The molecule has 0 aromatic carbocycles. The van der Waals surface area contributed by atoms with Crippen molar-refractivity contribution in [2.24, 2.45) is 0 Å². The van der Waals surface area contributed by atoms with Gasteiger partial charge in [0.2, 0.25) is 5.91 Å². The molecule has 0 unspecified atom stereocenters. The van der Waals surface area contributed by atoms with E-state index >= 15 is 0 Å². The molecular formula is C16H24N2O4. The third kappa shape index (κ3) is 4.26. The molecule has 1 aliphatic rings. The smallest absolute Gasteiger partial charge is 0.406 e. The molecule has 1 atom stereocenters. The van der Waals surface area contributed by atoms with E-state index in [2.05, 4.69) is 10.1 Å². The lowest BCUT2D eigenvalue weighted by atomic mass is 10.1. The second kappa shape index (κ2) is 7.87. The molecule has 6 nitrogen and oxygen atoms in total. The van der Waals surface area contributed by atoms with Crippen LogP contribution in [0.25, 0.3) is 0 Å². The first-order valence-corrected chi connectivity index (χ1v) is 7.79. The normalized spacial score (nSPS) is 18.6. The van der Waals surface area contributed by atoms with Gasteiger partial charge in [-0.05, 0) is 31.9 Å². The quantitative estimate of drug-likeness (QED) is 0.928. The Morgan fingerprint density at radius 1 is 1.36 bits per heavy atom. The molecular weight excluding hydrogens is 284 g/mol. The van der Waals surface area contributed by atoms with Crippen molar-refractivity contribution in [1.82, 2.24) is 10.2 Å². The number of nitrogens with zero attached hydrogens (tertiary/aromatic N) is 1. The van der Waals surface area contributed by atoms with E-state index in [4.69, 9.17) is 4.42 Å². The predicted octanol–water partition coefficient (Wildman–Crippen LogP) is 2.78. The number of furan rings is 1. The lowest BCUT2D eigenvalue weighted by Crippen LogP contribution is -2.37. The Kier molecular flexibility index (Phi) is 5.86. The number of hydrogen-bond acceptors (Lipinski definition) is 4. The number of carbonyl (C=O) groups is 2. The molecule has 122 valence electrons. The number of carbonyl (C=O) groups excluding carboxylic acids is 2. The molecule has 2 rings (SSSR count). The van der Waals surface area contributed by atoms with Gasteiger partial charge in [-0.3, -0.25) is 4.79 Å². The van der Waals surface area contributed by atoms with E-state index in [0.717, 1.165) is 43.7 Å². The Morgan fingerprint density at radius 2 is 2.18 bits per heavy atom. The molecule has 1 N–H and O–H groups in total. The summed E-state index contributed by atoms with van der Waals surface area (Å²) in [5.74, 6) is 1.75. The lowest BCUT2D eigenvalue weighted by molar-refractivity contribution is -0.133. The van der Waals surface area contributed by atoms with Crippen LogP contribution in [0.5, 0.6) is 0 Å². The molecule has 1 saturated heterocycles. The van der Waals surface area contributed by atoms with E-state index in [-0.39, 0.29) is 24.9 Å². The Labute approximate surface area is 130 Å². The SMILES string of the molecule is COC(=O)NCCC(=O)N1CCCCC[C@H]1c1ccc(C)o1. The van der Waals surface area contributed by atoms with Crippen LogP contribution < -0.4 is 5.32 Å². The predicted molar refractivity (Wildman–Crippen MR) is 81.4 cm³/mol. The van der Waals surface area contributed by atoms with Gasteiger partial charge >= 0.3 is 6.09 Å². The van der Waals surface area contributed by atoms with Gasteiger partial charge in [-0.2, -0.15) is 0 Å². The minimum Gasteiger partial charge on any atom is -0.464 e. The van der Waals surface area contributed by atoms with E-state index in [1.807, 2.05) is 24.0 Å². The number of aryl methyl sites for hydroxylation is 1. The van der Waals surface area contributed by atoms with Crippen LogP contribution in [0.15, 0.2) is 16.5 Å². The zero-order valence-electron chi connectivity index (χ0n) is 13.3. The van der Waals surface area contributed by atoms with Crippen LogP contribution in [0, 0.1) is 6.92 Å². The lowest BCUT2D eigenvalue weighted by Gasteiger charge is -2.28. The van der Waals surface area contributed by atoms with Gasteiger partial charge in [0.1, 0.15) is 11.5 Å². The van der Waals surface area contributed by atoms with Crippen LogP contribution in [0.4, 0.5) is 4.79 Å². The van der Waals surface area contributed by atoms with E-state index in [0.29, 0.717) is 0 Å². The summed E-state index contributed by atoms with van der Waals surface area (Å²) in [6.07, 6.45) is 3.90. The Morgan fingerprint density at radius 3 is 2.86 bits per heavy atom. The maximum absolute atomic E-state index is 12.5. The fourth-order valence-electron chi connectivity index (χ4n) is 2.82. The summed E-state index contributed by atoms with van der Waals surface area (Å²) in [5, 5.41) is 2.54. The summed E-state index contributed by atoms with van der Waals surface area (Å²) in [6.45, 7) is 2.93. The first-order valence-electron chi connectivity index (χ1n) is 7.79. The third-order valence-corrected chi connectivity index (χ3v) is 3.96. The van der Waals surface area contributed by atoms with Gasteiger partial charge in [0.25, 0.3) is 0 Å². The molecule has 22 heavy (non-hydrogen) atoms. The van der Waals surface area contributed by atoms with Crippen molar-refractivity contribution >= 4 is 12.0 Å². The number of alkyl carbamates (subject to hydrolysis) is 1. The van der Waals surface area contributed by atoms with Crippen molar-refractivity contribution in [2.45, 2.75) is 45.1 Å². The van der Waals surface area contributed by atoms with Crippen LogP contribution in [-0.4, -0.2) is 37.1 Å². The third-order valence-electron chi connectivity index (χ3n) is 3.96. The zero-order chi connectivity index (χ0) is 15.9. The fourth-order valence-corrected chi connectivity index (χ4v) is 2.82. The van der Waals surface area contributed by atoms with E-state index in [9.17, 15) is 9.59 Å².